The molecule has 1 atom stereocenters. The van der Waals surface area contributed by atoms with Gasteiger partial charge in [-0.2, -0.15) is 0 Å². The highest BCUT2D eigenvalue weighted by Gasteiger charge is 2.33. The largest absolute Gasteiger partial charge is 0.362 e. The zero-order chi connectivity index (χ0) is 14.1. The third-order valence-corrected chi connectivity index (χ3v) is 4.36. The summed E-state index contributed by atoms with van der Waals surface area (Å²) in [6.45, 7) is 4.23. The van der Waals surface area contributed by atoms with Crippen molar-refractivity contribution in [2.45, 2.75) is 38.3 Å². The van der Waals surface area contributed by atoms with Crippen LogP contribution in [0.4, 0.5) is 5.69 Å². The summed E-state index contributed by atoms with van der Waals surface area (Å²) in [5, 5.41) is 0. The van der Waals surface area contributed by atoms with E-state index in [0.29, 0.717) is 12.6 Å². The number of nitrogens with two attached hydrogens (primary N) is 1. The van der Waals surface area contributed by atoms with E-state index in [-0.39, 0.29) is 11.9 Å². The van der Waals surface area contributed by atoms with Gasteiger partial charge in [0, 0.05) is 30.9 Å². The zero-order valence-corrected chi connectivity index (χ0v) is 12.1. The van der Waals surface area contributed by atoms with Crippen LogP contribution in [0.25, 0.3) is 0 Å². The molecular weight excluding hydrogens is 250 g/mol. The summed E-state index contributed by atoms with van der Waals surface area (Å²) in [6, 6.07) is 8.79. The fourth-order valence-electron chi connectivity index (χ4n) is 3.10. The number of nitrogens with zero attached hydrogens (tertiary/aromatic N) is 2. The van der Waals surface area contributed by atoms with Crippen molar-refractivity contribution >= 4 is 11.6 Å². The standard InChI is InChI=1S/C16H23N3O/c1-2-19(12-7-8-12)16(20)11-18-10-9-14(17)13-5-3-4-6-15(13)18/h3-6,12,14H,2,7-11,17H2,1H3. The molecule has 1 aromatic carbocycles. The van der Waals surface area contributed by atoms with Crippen LogP contribution in [0.2, 0.25) is 0 Å². The highest BCUT2D eigenvalue weighted by atomic mass is 16.2. The molecule has 1 aromatic rings. The number of fused-ring (bicyclic) bond motifs is 1. The van der Waals surface area contributed by atoms with Crippen LogP contribution in [-0.2, 0) is 4.79 Å². The summed E-state index contributed by atoms with van der Waals surface area (Å²) in [7, 11) is 0. The van der Waals surface area contributed by atoms with E-state index in [0.717, 1.165) is 25.2 Å². The van der Waals surface area contributed by atoms with Crippen LogP contribution in [-0.4, -0.2) is 36.5 Å². The summed E-state index contributed by atoms with van der Waals surface area (Å²) in [5.41, 5.74) is 8.46. The van der Waals surface area contributed by atoms with Gasteiger partial charge >= 0.3 is 0 Å². The molecular formula is C16H23N3O. The van der Waals surface area contributed by atoms with Crippen molar-refractivity contribution in [3.05, 3.63) is 29.8 Å². The minimum absolute atomic E-state index is 0.100. The van der Waals surface area contributed by atoms with Gasteiger partial charge in [0.2, 0.25) is 5.91 Å². The highest BCUT2D eigenvalue weighted by Crippen LogP contribution is 2.32. The van der Waals surface area contributed by atoms with E-state index in [1.54, 1.807) is 0 Å². The Kier molecular flexibility index (Phi) is 3.66. The van der Waals surface area contributed by atoms with Crippen molar-refractivity contribution < 1.29 is 4.79 Å². The number of amides is 1. The normalized spacial score (nSPS) is 21.5. The van der Waals surface area contributed by atoms with Gasteiger partial charge in [-0.15, -0.1) is 0 Å². The quantitative estimate of drug-likeness (QED) is 0.911. The minimum Gasteiger partial charge on any atom is -0.362 e. The van der Waals surface area contributed by atoms with Gasteiger partial charge in [0.15, 0.2) is 0 Å². The summed E-state index contributed by atoms with van der Waals surface area (Å²) >= 11 is 0. The van der Waals surface area contributed by atoms with Gasteiger partial charge in [-0.05, 0) is 37.8 Å². The molecule has 4 heteroatoms. The third kappa shape index (κ3) is 2.52. The minimum atomic E-state index is 0.100. The van der Waals surface area contributed by atoms with Gasteiger partial charge in [-0.25, -0.2) is 0 Å². The fourth-order valence-corrected chi connectivity index (χ4v) is 3.10. The maximum absolute atomic E-state index is 12.5. The summed E-state index contributed by atoms with van der Waals surface area (Å²) in [6.07, 6.45) is 3.25. The van der Waals surface area contributed by atoms with E-state index in [9.17, 15) is 4.79 Å². The molecule has 0 radical (unpaired) electrons. The van der Waals surface area contributed by atoms with Crippen molar-refractivity contribution in [3.8, 4) is 0 Å². The molecule has 1 heterocycles. The second-order valence-electron chi connectivity index (χ2n) is 5.79. The van der Waals surface area contributed by atoms with Crippen LogP contribution < -0.4 is 10.6 Å². The monoisotopic (exact) mass is 273 g/mol. The van der Waals surface area contributed by atoms with Crippen molar-refractivity contribution in [1.82, 2.24) is 4.90 Å². The zero-order valence-electron chi connectivity index (χ0n) is 12.1. The first kappa shape index (κ1) is 13.4. The number of rotatable bonds is 4. The van der Waals surface area contributed by atoms with Crippen LogP contribution in [0.15, 0.2) is 24.3 Å². The average molecular weight is 273 g/mol. The third-order valence-electron chi connectivity index (χ3n) is 4.36. The number of hydrogen-bond acceptors (Lipinski definition) is 3. The molecule has 2 N–H and O–H groups in total. The number of carbonyl (C=O) groups is 1. The molecule has 1 aliphatic heterocycles. The second-order valence-corrected chi connectivity index (χ2v) is 5.79. The number of hydrogen-bond donors (Lipinski definition) is 1. The van der Waals surface area contributed by atoms with E-state index >= 15 is 0 Å². The average Bonchev–Trinajstić information content (AvgIpc) is 3.28. The lowest BCUT2D eigenvalue weighted by molar-refractivity contribution is -0.130. The van der Waals surface area contributed by atoms with E-state index in [1.165, 1.54) is 18.4 Å². The number of anilines is 1. The van der Waals surface area contributed by atoms with Gasteiger partial charge in [0.1, 0.15) is 0 Å². The lowest BCUT2D eigenvalue weighted by Crippen LogP contribution is -2.44. The molecule has 0 bridgehead atoms. The van der Waals surface area contributed by atoms with E-state index in [4.69, 9.17) is 5.73 Å². The van der Waals surface area contributed by atoms with Crippen LogP contribution in [0.5, 0.6) is 0 Å². The molecule has 1 amide bonds. The summed E-state index contributed by atoms with van der Waals surface area (Å²) in [5.74, 6) is 0.250. The first-order chi connectivity index (χ1) is 9.70. The molecule has 4 nitrogen and oxygen atoms in total. The molecule has 1 saturated carbocycles. The van der Waals surface area contributed by atoms with Gasteiger partial charge in [-0.1, -0.05) is 18.2 Å². The van der Waals surface area contributed by atoms with E-state index < -0.39 is 0 Å². The molecule has 3 rings (SSSR count). The SMILES string of the molecule is CCN(C(=O)CN1CCC(N)c2ccccc21)C1CC1. The first-order valence-electron chi connectivity index (χ1n) is 7.59. The number of benzene rings is 1. The smallest absolute Gasteiger partial charge is 0.242 e. The van der Waals surface area contributed by atoms with E-state index in [1.807, 2.05) is 17.0 Å². The lowest BCUT2D eigenvalue weighted by Gasteiger charge is -2.35. The van der Waals surface area contributed by atoms with Crippen molar-refractivity contribution in [1.29, 1.82) is 0 Å². The highest BCUT2D eigenvalue weighted by molar-refractivity contribution is 5.82. The Labute approximate surface area is 120 Å². The second kappa shape index (κ2) is 5.44. The first-order valence-corrected chi connectivity index (χ1v) is 7.59. The molecule has 1 unspecified atom stereocenters. The van der Waals surface area contributed by atoms with E-state index in [2.05, 4.69) is 24.0 Å². The van der Waals surface area contributed by atoms with Crippen molar-refractivity contribution in [2.75, 3.05) is 24.5 Å². The maximum atomic E-state index is 12.5. The summed E-state index contributed by atoms with van der Waals surface area (Å²) < 4.78 is 0. The van der Waals surface area contributed by atoms with Gasteiger partial charge in [0.25, 0.3) is 0 Å². The Bertz CT molecular complexity index is 498. The molecule has 108 valence electrons. The number of likely N-dealkylation sites (N-methyl/N-ethyl adjacent to an activating group) is 1. The Balaban J connectivity index is 1.75. The van der Waals surface area contributed by atoms with Crippen LogP contribution in [0.3, 0.4) is 0 Å². The molecule has 0 aromatic heterocycles. The van der Waals surface area contributed by atoms with Gasteiger partial charge < -0.3 is 15.5 Å². The number of para-hydroxylation sites is 1. The lowest BCUT2D eigenvalue weighted by atomic mass is 9.97. The Morgan fingerprint density at radius 3 is 2.80 bits per heavy atom. The van der Waals surface area contributed by atoms with Crippen LogP contribution >= 0.6 is 0 Å². The number of carbonyl (C=O) groups excluding carboxylic acids is 1. The van der Waals surface area contributed by atoms with Crippen LogP contribution in [0.1, 0.15) is 37.8 Å². The van der Waals surface area contributed by atoms with Crippen LogP contribution in [0, 0.1) is 0 Å². The molecule has 1 aliphatic carbocycles. The molecule has 20 heavy (non-hydrogen) atoms. The van der Waals surface area contributed by atoms with Gasteiger partial charge in [-0.3, -0.25) is 4.79 Å². The Hall–Kier alpha value is -1.55. The molecule has 0 spiro atoms. The molecule has 0 saturated heterocycles. The Morgan fingerprint density at radius 1 is 1.35 bits per heavy atom. The maximum Gasteiger partial charge on any atom is 0.242 e. The topological polar surface area (TPSA) is 49.6 Å². The fraction of sp³-hybridized carbons (Fsp3) is 0.562. The van der Waals surface area contributed by atoms with Gasteiger partial charge in [0.05, 0.1) is 6.54 Å². The van der Waals surface area contributed by atoms with Crippen molar-refractivity contribution in [2.24, 2.45) is 5.73 Å². The predicted octanol–water partition coefficient (Wildman–Crippen LogP) is 1.91. The predicted molar refractivity (Wildman–Crippen MR) is 80.6 cm³/mol. The summed E-state index contributed by atoms with van der Waals surface area (Å²) in [4.78, 5) is 16.7. The van der Waals surface area contributed by atoms with Crippen molar-refractivity contribution in [3.63, 3.8) is 0 Å². The Morgan fingerprint density at radius 2 is 2.10 bits per heavy atom. The molecule has 1 fully saturated rings. The molecule has 2 aliphatic rings.